The number of imidazole rings is 1. The van der Waals surface area contributed by atoms with Crippen LogP contribution in [0.2, 0.25) is 0 Å². The number of nitrogens with one attached hydrogen (secondary N) is 2. The lowest BCUT2D eigenvalue weighted by atomic mass is 10.5. The monoisotopic (exact) mass is 273 g/mol. The molecular weight excluding hydrogens is 261 g/mol. The van der Waals surface area contributed by atoms with Crippen LogP contribution < -0.4 is 5.49 Å². The minimum Gasteiger partial charge on any atom is -0.367 e. The average Bonchev–Trinajstić information content (AvgIpc) is 2.74. The Kier molecular flexibility index (Phi) is 3.58. The maximum Gasteiger partial charge on any atom is 0.350 e. The minimum atomic E-state index is -4.14. The third kappa shape index (κ3) is 3.02. The molecule has 0 bridgehead atoms. The molecule has 9 nitrogen and oxygen atoms in total. The van der Waals surface area contributed by atoms with Gasteiger partial charge in [0.2, 0.25) is 0 Å². The van der Waals surface area contributed by atoms with Gasteiger partial charge in [0.25, 0.3) is 0 Å². The maximum absolute atomic E-state index is 10.5. The van der Waals surface area contributed by atoms with Crippen LogP contribution in [0.3, 0.4) is 0 Å². The predicted molar refractivity (Wildman–Crippen MR) is 60.6 cm³/mol. The molecule has 0 radical (unpaired) electrons. The van der Waals surface area contributed by atoms with E-state index in [0.29, 0.717) is 11.2 Å². The summed E-state index contributed by atoms with van der Waals surface area (Å²) in [5.74, 6) is 0. The van der Waals surface area contributed by atoms with Gasteiger partial charge in [-0.25, -0.2) is 9.97 Å². The zero-order chi connectivity index (χ0) is 13.2. The molecule has 0 aliphatic rings. The number of fused-ring (bicyclic) bond motifs is 1. The quantitative estimate of drug-likeness (QED) is 0.423. The van der Waals surface area contributed by atoms with Crippen molar-refractivity contribution in [2.24, 2.45) is 0 Å². The van der Waals surface area contributed by atoms with Crippen molar-refractivity contribution < 1.29 is 19.1 Å². The molecule has 2 heterocycles. The molecule has 98 valence electrons. The van der Waals surface area contributed by atoms with Crippen LogP contribution in [0.15, 0.2) is 12.7 Å². The molecule has 4 N–H and O–H groups in total. The summed E-state index contributed by atoms with van der Waals surface area (Å²) in [5.41, 5.74) is 1.15. The number of aromatic amines is 1. The predicted octanol–water partition coefficient (Wildman–Crippen LogP) is -0.609. The van der Waals surface area contributed by atoms with Crippen LogP contribution in [0.4, 0.5) is 0 Å². The SMILES string of the molecule is N=c1c2[nH]cnc2ncn1CCOCP(=O)(O)O. The van der Waals surface area contributed by atoms with Crippen molar-refractivity contribution in [3.05, 3.63) is 18.1 Å². The summed E-state index contributed by atoms with van der Waals surface area (Å²) in [4.78, 5) is 27.9. The summed E-state index contributed by atoms with van der Waals surface area (Å²) in [7, 11) is -4.14. The molecule has 0 spiro atoms. The first-order chi connectivity index (χ1) is 8.47. The highest BCUT2D eigenvalue weighted by Gasteiger charge is 2.12. The topological polar surface area (TPSA) is 137 Å². The minimum absolute atomic E-state index is 0.0863. The van der Waals surface area contributed by atoms with Crippen molar-refractivity contribution in [3.63, 3.8) is 0 Å². The van der Waals surface area contributed by atoms with E-state index in [-0.39, 0.29) is 18.6 Å². The van der Waals surface area contributed by atoms with Crippen molar-refractivity contribution >= 4 is 18.8 Å². The van der Waals surface area contributed by atoms with Crippen LogP contribution in [0.1, 0.15) is 0 Å². The van der Waals surface area contributed by atoms with Crippen molar-refractivity contribution in [2.75, 3.05) is 13.0 Å². The fourth-order valence-electron chi connectivity index (χ4n) is 1.40. The van der Waals surface area contributed by atoms with Gasteiger partial charge in [-0.15, -0.1) is 0 Å². The lowest BCUT2D eigenvalue weighted by Gasteiger charge is -2.08. The first kappa shape index (κ1) is 12.9. The van der Waals surface area contributed by atoms with E-state index < -0.39 is 13.9 Å². The highest BCUT2D eigenvalue weighted by Crippen LogP contribution is 2.33. The van der Waals surface area contributed by atoms with Gasteiger partial charge < -0.3 is 24.1 Å². The Labute approximate surface area is 101 Å². The molecule has 0 saturated heterocycles. The molecule has 0 aliphatic heterocycles. The Hall–Kier alpha value is -1.54. The third-order valence-electron chi connectivity index (χ3n) is 2.20. The average molecular weight is 273 g/mol. The van der Waals surface area contributed by atoms with E-state index >= 15 is 0 Å². The van der Waals surface area contributed by atoms with Crippen molar-refractivity contribution in [3.8, 4) is 0 Å². The van der Waals surface area contributed by atoms with E-state index in [4.69, 9.17) is 19.9 Å². The molecule has 0 atom stereocenters. The van der Waals surface area contributed by atoms with Crippen LogP contribution in [0.25, 0.3) is 11.2 Å². The Morgan fingerprint density at radius 1 is 1.50 bits per heavy atom. The van der Waals surface area contributed by atoms with Crippen LogP contribution in [-0.2, 0) is 15.8 Å². The second-order valence-electron chi connectivity index (χ2n) is 3.59. The summed E-state index contributed by atoms with van der Waals surface area (Å²) < 4.78 is 16.9. The summed E-state index contributed by atoms with van der Waals surface area (Å²) in [6, 6.07) is 0. The highest BCUT2D eigenvalue weighted by molar-refractivity contribution is 7.51. The molecule has 0 unspecified atom stereocenters. The smallest absolute Gasteiger partial charge is 0.350 e. The molecule has 0 aliphatic carbocycles. The molecular formula is C8H12N5O4P. The Balaban J connectivity index is 2.02. The molecule has 18 heavy (non-hydrogen) atoms. The maximum atomic E-state index is 10.5. The highest BCUT2D eigenvalue weighted by atomic mass is 31.2. The second kappa shape index (κ2) is 4.99. The van der Waals surface area contributed by atoms with Crippen LogP contribution in [0, 0.1) is 5.41 Å². The van der Waals surface area contributed by atoms with Gasteiger partial charge in [0.05, 0.1) is 19.3 Å². The summed E-state index contributed by atoms with van der Waals surface area (Å²) in [5, 5.41) is 7.86. The van der Waals surface area contributed by atoms with Gasteiger partial charge in [-0.3, -0.25) is 9.97 Å². The lowest BCUT2D eigenvalue weighted by molar-refractivity contribution is 0.147. The molecule has 2 aromatic heterocycles. The van der Waals surface area contributed by atoms with Gasteiger partial charge in [0.1, 0.15) is 11.9 Å². The third-order valence-corrected chi connectivity index (χ3v) is 2.72. The zero-order valence-corrected chi connectivity index (χ0v) is 10.2. The number of hydrogen-bond donors (Lipinski definition) is 4. The van der Waals surface area contributed by atoms with E-state index in [2.05, 4.69) is 15.0 Å². The largest absolute Gasteiger partial charge is 0.367 e. The van der Waals surface area contributed by atoms with E-state index in [9.17, 15) is 4.57 Å². The van der Waals surface area contributed by atoms with Crippen molar-refractivity contribution in [2.45, 2.75) is 6.54 Å². The number of H-pyrrole nitrogens is 1. The summed E-state index contributed by atoms with van der Waals surface area (Å²) >= 11 is 0. The Bertz CT molecular complexity index is 644. The van der Waals surface area contributed by atoms with Gasteiger partial charge in [-0.2, -0.15) is 0 Å². The van der Waals surface area contributed by atoms with E-state index in [1.807, 2.05) is 0 Å². The van der Waals surface area contributed by atoms with Gasteiger partial charge >= 0.3 is 7.60 Å². The zero-order valence-electron chi connectivity index (χ0n) is 9.28. The molecule has 0 saturated carbocycles. The van der Waals surface area contributed by atoms with Gasteiger partial charge in [0, 0.05) is 6.54 Å². The van der Waals surface area contributed by atoms with Gasteiger partial charge in [0.15, 0.2) is 11.1 Å². The van der Waals surface area contributed by atoms with E-state index in [0.717, 1.165) is 0 Å². The van der Waals surface area contributed by atoms with Crippen LogP contribution in [-0.4, -0.2) is 42.3 Å². The normalized spacial score (nSPS) is 12.1. The summed E-state index contributed by atoms with van der Waals surface area (Å²) in [6.07, 6.45) is 2.26. The van der Waals surface area contributed by atoms with Gasteiger partial charge in [-0.1, -0.05) is 0 Å². The molecule has 2 aromatic rings. The molecule has 2 rings (SSSR count). The first-order valence-electron chi connectivity index (χ1n) is 5.03. The Morgan fingerprint density at radius 2 is 2.28 bits per heavy atom. The number of hydrogen-bond acceptors (Lipinski definition) is 5. The second-order valence-corrected chi connectivity index (χ2v) is 5.18. The Morgan fingerprint density at radius 3 is 3.00 bits per heavy atom. The number of nitrogens with zero attached hydrogens (tertiary/aromatic N) is 3. The lowest BCUT2D eigenvalue weighted by Crippen LogP contribution is -2.23. The van der Waals surface area contributed by atoms with E-state index in [1.54, 1.807) is 0 Å². The van der Waals surface area contributed by atoms with Crippen LogP contribution >= 0.6 is 7.60 Å². The molecule has 0 aromatic carbocycles. The van der Waals surface area contributed by atoms with E-state index in [1.165, 1.54) is 17.2 Å². The standard InChI is InChI=1S/C8H12N5O4P/c9-7-6-8(11-3-10-6)12-4-13(7)1-2-17-5-18(14,15)16/h3-4,9H,1-2,5H2,(H,10,11)(H2,14,15,16). The van der Waals surface area contributed by atoms with Gasteiger partial charge in [-0.05, 0) is 0 Å². The molecule has 0 amide bonds. The number of aromatic nitrogens is 4. The van der Waals surface area contributed by atoms with Crippen molar-refractivity contribution in [1.29, 1.82) is 5.41 Å². The number of rotatable bonds is 5. The first-order valence-corrected chi connectivity index (χ1v) is 6.82. The fourth-order valence-corrected chi connectivity index (χ4v) is 1.77. The number of ether oxygens (including phenoxy) is 1. The molecule has 0 fully saturated rings. The summed E-state index contributed by atoms with van der Waals surface area (Å²) in [6.45, 7) is 0.365. The molecule has 10 heteroatoms. The van der Waals surface area contributed by atoms with Crippen LogP contribution in [0.5, 0.6) is 0 Å². The fraction of sp³-hybridized carbons (Fsp3) is 0.375. The van der Waals surface area contributed by atoms with Crippen molar-refractivity contribution in [1.82, 2.24) is 19.5 Å².